The van der Waals surface area contributed by atoms with Crippen LogP contribution in [0, 0.1) is 34.5 Å². The summed E-state index contributed by atoms with van der Waals surface area (Å²) in [6.45, 7) is 4.32. The van der Waals surface area contributed by atoms with Crippen molar-refractivity contribution in [3.05, 3.63) is 88.7 Å². The standard InChI is InChI=1S/C27H23F5O5/c1-3-8-26(2)13-35-27(34,36-14-26)16-4-6-19(20(28)11-16)25(33)37-17-5-7-18(21(29)12-17)15-9-22(30)24(32)23(31)10-15/h4-7,9-12,34H,3,8,13-14H2,1-2H3. The van der Waals surface area contributed by atoms with E-state index in [2.05, 4.69) is 0 Å². The number of hydrogen-bond donors (Lipinski definition) is 1. The van der Waals surface area contributed by atoms with Gasteiger partial charge in [-0.05, 0) is 54.4 Å². The molecule has 0 bridgehead atoms. The topological polar surface area (TPSA) is 65.0 Å². The van der Waals surface area contributed by atoms with Crippen molar-refractivity contribution in [2.75, 3.05) is 13.2 Å². The summed E-state index contributed by atoms with van der Waals surface area (Å²) < 4.78 is 85.5. The molecule has 5 nitrogen and oxygen atoms in total. The molecule has 0 aliphatic carbocycles. The fourth-order valence-corrected chi connectivity index (χ4v) is 4.09. The molecule has 0 radical (unpaired) electrons. The molecule has 1 aliphatic rings. The van der Waals surface area contributed by atoms with Gasteiger partial charge in [0.25, 0.3) is 0 Å². The number of ether oxygens (including phenoxy) is 3. The van der Waals surface area contributed by atoms with Crippen LogP contribution in [0.4, 0.5) is 22.0 Å². The van der Waals surface area contributed by atoms with Gasteiger partial charge in [0.1, 0.15) is 17.4 Å². The Hall–Kier alpha value is -3.34. The Balaban J connectivity index is 1.49. The summed E-state index contributed by atoms with van der Waals surface area (Å²) in [6, 6.07) is 7.38. The molecule has 1 heterocycles. The quantitative estimate of drug-likeness (QED) is 0.180. The zero-order valence-corrected chi connectivity index (χ0v) is 19.9. The van der Waals surface area contributed by atoms with Gasteiger partial charge in [-0.15, -0.1) is 0 Å². The molecule has 0 aromatic heterocycles. The molecule has 3 aromatic rings. The lowest BCUT2D eigenvalue weighted by Gasteiger charge is -2.41. The second kappa shape index (κ2) is 10.2. The lowest BCUT2D eigenvalue weighted by Crippen LogP contribution is -2.46. The normalized spacial score (nSPS) is 21.6. The Bertz CT molecular complexity index is 1310. The molecule has 1 N–H and O–H groups in total. The van der Waals surface area contributed by atoms with E-state index in [4.69, 9.17) is 14.2 Å². The molecule has 10 heteroatoms. The summed E-state index contributed by atoms with van der Waals surface area (Å²) in [5, 5.41) is 10.7. The Morgan fingerprint density at radius 2 is 1.57 bits per heavy atom. The minimum absolute atomic E-state index is 0.0609. The highest BCUT2D eigenvalue weighted by atomic mass is 19.2. The van der Waals surface area contributed by atoms with Crippen LogP contribution in [0.2, 0.25) is 0 Å². The lowest BCUT2D eigenvalue weighted by atomic mass is 9.86. The van der Waals surface area contributed by atoms with Crippen molar-refractivity contribution in [1.29, 1.82) is 0 Å². The van der Waals surface area contributed by atoms with Gasteiger partial charge in [-0.2, -0.15) is 0 Å². The number of esters is 1. The van der Waals surface area contributed by atoms with Gasteiger partial charge in [0, 0.05) is 22.6 Å². The van der Waals surface area contributed by atoms with Crippen LogP contribution in [0.1, 0.15) is 42.6 Å². The molecule has 0 spiro atoms. The van der Waals surface area contributed by atoms with Crippen molar-refractivity contribution < 1.29 is 46.1 Å². The summed E-state index contributed by atoms with van der Waals surface area (Å²) in [5.41, 5.74) is -1.41. The minimum Gasteiger partial charge on any atom is -0.423 e. The maximum atomic E-state index is 14.8. The van der Waals surface area contributed by atoms with E-state index in [1.165, 1.54) is 6.07 Å². The van der Waals surface area contributed by atoms with Gasteiger partial charge in [0.2, 0.25) is 0 Å². The van der Waals surface area contributed by atoms with Gasteiger partial charge in [-0.25, -0.2) is 26.7 Å². The van der Waals surface area contributed by atoms with E-state index >= 15 is 0 Å². The van der Waals surface area contributed by atoms with Crippen molar-refractivity contribution >= 4 is 5.97 Å². The first-order valence-electron chi connectivity index (χ1n) is 11.4. The summed E-state index contributed by atoms with van der Waals surface area (Å²) in [7, 11) is 0. The Morgan fingerprint density at radius 1 is 0.919 bits per heavy atom. The molecular formula is C27H23F5O5. The number of rotatable bonds is 6. The highest BCUT2D eigenvalue weighted by Gasteiger charge is 2.42. The number of carbonyl (C=O) groups excluding carboxylic acids is 1. The molecule has 0 atom stereocenters. The van der Waals surface area contributed by atoms with E-state index in [9.17, 15) is 31.9 Å². The second-order valence-electron chi connectivity index (χ2n) is 9.20. The molecule has 0 unspecified atom stereocenters. The molecule has 37 heavy (non-hydrogen) atoms. The largest absolute Gasteiger partial charge is 0.423 e. The van der Waals surface area contributed by atoms with Crippen LogP contribution < -0.4 is 4.74 Å². The fraction of sp³-hybridized carbons (Fsp3) is 0.296. The average Bonchev–Trinajstić information content (AvgIpc) is 2.84. The Morgan fingerprint density at radius 3 is 2.14 bits per heavy atom. The molecule has 0 amide bonds. The van der Waals surface area contributed by atoms with Crippen molar-refractivity contribution in [2.24, 2.45) is 5.41 Å². The number of hydrogen-bond acceptors (Lipinski definition) is 5. The summed E-state index contributed by atoms with van der Waals surface area (Å²) in [4.78, 5) is 12.5. The molecule has 196 valence electrons. The smallest absolute Gasteiger partial charge is 0.346 e. The summed E-state index contributed by atoms with van der Waals surface area (Å²) in [5.74, 6) is -10.4. The summed E-state index contributed by atoms with van der Waals surface area (Å²) >= 11 is 0. The van der Waals surface area contributed by atoms with Gasteiger partial charge in [0.05, 0.1) is 18.8 Å². The first-order chi connectivity index (χ1) is 17.4. The molecule has 3 aromatic carbocycles. The molecule has 4 rings (SSSR count). The lowest BCUT2D eigenvalue weighted by molar-refractivity contribution is -0.414. The van der Waals surface area contributed by atoms with E-state index < -0.39 is 46.6 Å². The average molecular weight is 522 g/mol. The number of aliphatic hydroxyl groups is 1. The third kappa shape index (κ3) is 5.51. The first-order valence-corrected chi connectivity index (χ1v) is 11.4. The van der Waals surface area contributed by atoms with E-state index in [1.54, 1.807) is 0 Å². The van der Waals surface area contributed by atoms with Crippen molar-refractivity contribution in [3.8, 4) is 16.9 Å². The Kier molecular flexibility index (Phi) is 7.36. The van der Waals surface area contributed by atoms with Crippen molar-refractivity contribution in [2.45, 2.75) is 32.7 Å². The first kappa shape index (κ1) is 26.7. The van der Waals surface area contributed by atoms with Crippen LogP contribution in [0.25, 0.3) is 11.1 Å². The third-order valence-electron chi connectivity index (χ3n) is 6.09. The van der Waals surface area contributed by atoms with Gasteiger partial charge < -0.3 is 19.3 Å². The number of benzene rings is 3. The van der Waals surface area contributed by atoms with Crippen LogP contribution in [0.5, 0.6) is 5.75 Å². The van der Waals surface area contributed by atoms with Gasteiger partial charge in [0.15, 0.2) is 17.5 Å². The van der Waals surface area contributed by atoms with Crippen molar-refractivity contribution in [3.63, 3.8) is 0 Å². The maximum Gasteiger partial charge on any atom is 0.346 e. The molecule has 0 saturated carbocycles. The molecule has 1 saturated heterocycles. The zero-order valence-electron chi connectivity index (χ0n) is 19.9. The number of halogens is 5. The second-order valence-corrected chi connectivity index (χ2v) is 9.20. The SMILES string of the molecule is CCCC1(C)COC(O)(c2ccc(C(=O)Oc3ccc(-c4cc(F)c(F)c(F)c4)c(F)c3)c(F)c2)OC1. The predicted molar refractivity (Wildman–Crippen MR) is 122 cm³/mol. The highest BCUT2D eigenvalue weighted by Crippen LogP contribution is 2.38. The predicted octanol–water partition coefficient (Wildman–Crippen LogP) is 6.22. The van der Waals surface area contributed by atoms with Gasteiger partial charge >= 0.3 is 11.9 Å². The maximum absolute atomic E-state index is 14.8. The van der Waals surface area contributed by atoms with E-state index in [-0.39, 0.29) is 41.1 Å². The van der Waals surface area contributed by atoms with Gasteiger partial charge in [-0.3, -0.25) is 0 Å². The molecule has 1 aliphatic heterocycles. The Labute approximate surface area is 209 Å². The van der Waals surface area contributed by atoms with E-state index in [0.717, 1.165) is 43.2 Å². The van der Waals surface area contributed by atoms with Crippen molar-refractivity contribution in [1.82, 2.24) is 0 Å². The van der Waals surface area contributed by atoms with Crippen LogP contribution in [0.15, 0.2) is 48.5 Å². The minimum atomic E-state index is -2.19. The zero-order chi connectivity index (χ0) is 27.0. The molecule has 1 fully saturated rings. The summed E-state index contributed by atoms with van der Waals surface area (Å²) in [6.07, 6.45) is 1.70. The third-order valence-corrected chi connectivity index (χ3v) is 6.09. The monoisotopic (exact) mass is 522 g/mol. The van der Waals surface area contributed by atoms with Crippen LogP contribution >= 0.6 is 0 Å². The van der Waals surface area contributed by atoms with Crippen LogP contribution in [0.3, 0.4) is 0 Å². The molecular weight excluding hydrogens is 499 g/mol. The fourth-order valence-electron chi connectivity index (χ4n) is 4.09. The number of carbonyl (C=O) groups is 1. The highest BCUT2D eigenvalue weighted by molar-refractivity contribution is 5.91. The van der Waals surface area contributed by atoms with Crippen LogP contribution in [-0.4, -0.2) is 24.3 Å². The van der Waals surface area contributed by atoms with E-state index in [1.807, 2.05) is 13.8 Å². The van der Waals surface area contributed by atoms with E-state index in [0.29, 0.717) is 12.1 Å². The van der Waals surface area contributed by atoms with Gasteiger partial charge in [-0.1, -0.05) is 20.3 Å². The van der Waals surface area contributed by atoms with Crippen LogP contribution in [-0.2, 0) is 15.4 Å².